The van der Waals surface area contributed by atoms with E-state index in [1.165, 1.54) is 7.11 Å². The van der Waals surface area contributed by atoms with Crippen LogP contribution < -0.4 is 14.2 Å². The Morgan fingerprint density at radius 3 is 2.67 bits per heavy atom. The van der Waals surface area contributed by atoms with E-state index in [2.05, 4.69) is 20.9 Å². The molecular formula is C15H14BrNO4. The Labute approximate surface area is 131 Å². The average molecular weight is 352 g/mol. The van der Waals surface area contributed by atoms with Crippen LogP contribution in [0.4, 0.5) is 0 Å². The number of hydrogen-bond donors (Lipinski definition) is 0. The highest BCUT2D eigenvalue weighted by Gasteiger charge is 2.14. The minimum Gasteiger partial charge on any atom is -0.493 e. The van der Waals surface area contributed by atoms with Gasteiger partial charge in [0.25, 0.3) is 0 Å². The van der Waals surface area contributed by atoms with Gasteiger partial charge in [0.2, 0.25) is 0 Å². The molecule has 0 unspecified atom stereocenters. The van der Waals surface area contributed by atoms with Crippen LogP contribution in [0.5, 0.6) is 17.2 Å². The Kier molecular flexibility index (Phi) is 5.16. The molecule has 0 N–H and O–H groups in total. The lowest BCUT2D eigenvalue weighted by atomic mass is 10.2. The Morgan fingerprint density at radius 2 is 2.00 bits per heavy atom. The number of benzene rings is 1. The topological polar surface area (TPSA) is 57.7 Å². The molecule has 0 aliphatic heterocycles. The molecule has 0 aliphatic rings. The molecule has 2 rings (SSSR count). The zero-order chi connectivity index (χ0) is 15.2. The van der Waals surface area contributed by atoms with Gasteiger partial charge in [0.05, 0.1) is 24.3 Å². The van der Waals surface area contributed by atoms with Crippen LogP contribution in [0.3, 0.4) is 0 Å². The Bertz CT molecular complexity index is 646. The van der Waals surface area contributed by atoms with Gasteiger partial charge in [-0.2, -0.15) is 0 Å². The van der Waals surface area contributed by atoms with Crippen molar-refractivity contribution in [2.75, 3.05) is 14.2 Å². The smallest absolute Gasteiger partial charge is 0.185 e. The number of carbonyl (C=O) groups is 1. The first-order valence-electron chi connectivity index (χ1n) is 6.13. The zero-order valence-corrected chi connectivity index (χ0v) is 13.2. The molecule has 0 atom stereocenters. The van der Waals surface area contributed by atoms with Crippen LogP contribution in [0.1, 0.15) is 16.1 Å². The third-order valence-electron chi connectivity index (χ3n) is 2.84. The average Bonchev–Trinajstić information content (AvgIpc) is 2.52. The molecule has 0 saturated heterocycles. The number of para-hydroxylation sites is 1. The highest BCUT2D eigenvalue weighted by Crippen LogP contribution is 2.32. The maximum atomic E-state index is 11.1. The number of aromatic nitrogens is 1. The minimum absolute atomic E-state index is 0.157. The molecule has 2 aromatic rings. The second-order valence-corrected chi connectivity index (χ2v) is 4.91. The highest BCUT2D eigenvalue weighted by atomic mass is 79.9. The predicted molar refractivity (Wildman–Crippen MR) is 81.2 cm³/mol. The van der Waals surface area contributed by atoms with Crippen molar-refractivity contribution in [1.82, 2.24) is 4.98 Å². The largest absolute Gasteiger partial charge is 0.493 e. The predicted octanol–water partition coefficient (Wildman–Crippen LogP) is 3.25. The molecule has 0 saturated carbocycles. The van der Waals surface area contributed by atoms with Gasteiger partial charge in [-0.15, -0.1) is 0 Å². The molecule has 1 aromatic heterocycles. The van der Waals surface area contributed by atoms with Gasteiger partial charge in [-0.05, 0) is 28.1 Å². The maximum Gasteiger partial charge on any atom is 0.185 e. The summed E-state index contributed by atoms with van der Waals surface area (Å²) in [4.78, 5) is 15.3. The number of nitrogens with zero attached hydrogens (tertiary/aromatic N) is 1. The fraction of sp³-hybridized carbons (Fsp3) is 0.200. The SMILES string of the molecule is COc1ccnc(COc2c(Br)cccc2C=O)c1OC. The number of aldehydes is 1. The van der Waals surface area contributed by atoms with E-state index in [4.69, 9.17) is 14.2 Å². The van der Waals surface area contributed by atoms with Crippen LogP contribution in [0, 0.1) is 0 Å². The molecule has 5 nitrogen and oxygen atoms in total. The molecule has 6 heteroatoms. The van der Waals surface area contributed by atoms with Gasteiger partial charge in [-0.25, -0.2) is 0 Å². The van der Waals surface area contributed by atoms with E-state index in [9.17, 15) is 4.79 Å². The third kappa shape index (κ3) is 3.33. The molecular weight excluding hydrogens is 338 g/mol. The van der Waals surface area contributed by atoms with Crippen LogP contribution in [0.15, 0.2) is 34.9 Å². The molecule has 1 heterocycles. The summed E-state index contributed by atoms with van der Waals surface area (Å²) in [5.41, 5.74) is 1.05. The summed E-state index contributed by atoms with van der Waals surface area (Å²) in [6.45, 7) is 0.157. The van der Waals surface area contributed by atoms with Crippen molar-refractivity contribution in [2.24, 2.45) is 0 Å². The molecule has 0 bridgehead atoms. The summed E-state index contributed by atoms with van der Waals surface area (Å²) in [6.07, 6.45) is 2.36. The van der Waals surface area contributed by atoms with E-state index in [0.29, 0.717) is 33.0 Å². The number of halogens is 1. The lowest BCUT2D eigenvalue weighted by Gasteiger charge is -2.14. The van der Waals surface area contributed by atoms with Crippen molar-refractivity contribution < 1.29 is 19.0 Å². The van der Waals surface area contributed by atoms with Crippen molar-refractivity contribution >= 4 is 22.2 Å². The van der Waals surface area contributed by atoms with Gasteiger partial charge in [-0.3, -0.25) is 9.78 Å². The van der Waals surface area contributed by atoms with Gasteiger partial charge in [-0.1, -0.05) is 6.07 Å². The summed E-state index contributed by atoms with van der Waals surface area (Å²) in [5.74, 6) is 1.56. The molecule has 0 fully saturated rings. The van der Waals surface area contributed by atoms with Crippen LogP contribution in [-0.2, 0) is 6.61 Å². The van der Waals surface area contributed by atoms with E-state index in [0.717, 1.165) is 6.29 Å². The zero-order valence-electron chi connectivity index (χ0n) is 11.6. The summed E-state index contributed by atoms with van der Waals surface area (Å²) in [5, 5.41) is 0. The standard InChI is InChI=1S/C15H14BrNO4/c1-19-13-6-7-17-12(15(13)20-2)9-21-14-10(8-18)4-3-5-11(14)16/h3-8H,9H2,1-2H3. The van der Waals surface area contributed by atoms with E-state index >= 15 is 0 Å². The van der Waals surface area contributed by atoms with Crippen molar-refractivity contribution in [3.05, 3.63) is 46.2 Å². The Morgan fingerprint density at radius 1 is 1.19 bits per heavy atom. The van der Waals surface area contributed by atoms with Gasteiger partial charge in [0.1, 0.15) is 18.1 Å². The van der Waals surface area contributed by atoms with E-state index in [-0.39, 0.29) is 6.61 Å². The first-order chi connectivity index (χ1) is 10.2. The lowest BCUT2D eigenvalue weighted by molar-refractivity contribution is 0.111. The van der Waals surface area contributed by atoms with Crippen molar-refractivity contribution in [3.63, 3.8) is 0 Å². The van der Waals surface area contributed by atoms with Crippen LogP contribution in [0.2, 0.25) is 0 Å². The lowest BCUT2D eigenvalue weighted by Crippen LogP contribution is -2.04. The molecule has 0 spiro atoms. The van der Waals surface area contributed by atoms with Gasteiger partial charge in [0.15, 0.2) is 17.8 Å². The van der Waals surface area contributed by atoms with Crippen molar-refractivity contribution in [2.45, 2.75) is 6.61 Å². The number of ether oxygens (including phenoxy) is 3. The number of methoxy groups -OCH3 is 2. The molecule has 0 aliphatic carbocycles. The third-order valence-corrected chi connectivity index (χ3v) is 3.47. The minimum atomic E-state index is 0.157. The fourth-order valence-electron chi connectivity index (χ4n) is 1.86. The quantitative estimate of drug-likeness (QED) is 0.747. The van der Waals surface area contributed by atoms with E-state index in [1.54, 1.807) is 37.6 Å². The molecule has 0 amide bonds. The summed E-state index contributed by atoms with van der Waals surface area (Å²) in [7, 11) is 3.10. The first kappa shape index (κ1) is 15.3. The number of pyridine rings is 1. The van der Waals surface area contributed by atoms with Gasteiger partial charge in [0, 0.05) is 12.3 Å². The van der Waals surface area contributed by atoms with Crippen LogP contribution >= 0.6 is 15.9 Å². The first-order valence-corrected chi connectivity index (χ1v) is 6.93. The summed E-state index contributed by atoms with van der Waals surface area (Å²) >= 11 is 3.36. The maximum absolute atomic E-state index is 11.1. The van der Waals surface area contributed by atoms with Crippen molar-refractivity contribution in [1.29, 1.82) is 0 Å². The van der Waals surface area contributed by atoms with Crippen molar-refractivity contribution in [3.8, 4) is 17.2 Å². The van der Waals surface area contributed by atoms with Crippen LogP contribution in [0.25, 0.3) is 0 Å². The molecule has 21 heavy (non-hydrogen) atoms. The molecule has 0 radical (unpaired) electrons. The van der Waals surface area contributed by atoms with Gasteiger partial charge < -0.3 is 14.2 Å². The fourth-order valence-corrected chi connectivity index (χ4v) is 2.36. The second kappa shape index (κ2) is 7.08. The van der Waals surface area contributed by atoms with E-state index in [1.807, 2.05) is 0 Å². The van der Waals surface area contributed by atoms with E-state index < -0.39 is 0 Å². The molecule has 1 aromatic carbocycles. The number of carbonyl (C=O) groups excluding carboxylic acids is 1. The number of hydrogen-bond acceptors (Lipinski definition) is 5. The Hall–Kier alpha value is -2.08. The molecule has 110 valence electrons. The summed E-state index contributed by atoms with van der Waals surface area (Å²) in [6, 6.07) is 6.96. The summed E-state index contributed by atoms with van der Waals surface area (Å²) < 4.78 is 16.9. The second-order valence-electron chi connectivity index (χ2n) is 4.06. The normalized spacial score (nSPS) is 10.0. The monoisotopic (exact) mass is 351 g/mol. The highest BCUT2D eigenvalue weighted by molar-refractivity contribution is 9.10. The van der Waals surface area contributed by atoms with Gasteiger partial charge >= 0.3 is 0 Å². The number of rotatable bonds is 6. The van der Waals surface area contributed by atoms with Crippen LogP contribution in [-0.4, -0.2) is 25.5 Å². The Balaban J connectivity index is 2.27.